The third-order valence-electron chi connectivity index (χ3n) is 4.48. The number of carbonyl (C=O) groups excluding carboxylic acids is 1. The lowest BCUT2D eigenvalue weighted by Gasteiger charge is -2.33. The Labute approximate surface area is 196 Å². The van der Waals surface area contributed by atoms with Gasteiger partial charge in [-0.05, 0) is 33.3 Å². The monoisotopic (exact) mass is 555 g/mol. The highest BCUT2D eigenvalue weighted by molar-refractivity contribution is 9.09. The van der Waals surface area contributed by atoms with Crippen molar-refractivity contribution < 1.29 is 31.1 Å². The summed E-state index contributed by atoms with van der Waals surface area (Å²) in [6.45, 7) is 3.30. The van der Waals surface area contributed by atoms with Crippen molar-refractivity contribution in [1.29, 1.82) is 0 Å². The van der Waals surface area contributed by atoms with Crippen molar-refractivity contribution in [3.8, 4) is 0 Å². The summed E-state index contributed by atoms with van der Waals surface area (Å²) in [6.07, 6.45) is 0.393. The lowest BCUT2D eigenvalue weighted by atomic mass is 9.97. The highest BCUT2D eigenvalue weighted by Gasteiger charge is 2.46. The van der Waals surface area contributed by atoms with Gasteiger partial charge in [-0.2, -0.15) is 0 Å². The summed E-state index contributed by atoms with van der Waals surface area (Å²) in [4.78, 5) is 19.0. The van der Waals surface area contributed by atoms with Crippen LogP contribution in [0.4, 0.5) is 19.0 Å². The maximum Gasteiger partial charge on any atom is 0.316 e. The summed E-state index contributed by atoms with van der Waals surface area (Å²) < 4.78 is 74.4. The van der Waals surface area contributed by atoms with Crippen molar-refractivity contribution in [2.75, 3.05) is 10.8 Å². The van der Waals surface area contributed by atoms with Crippen molar-refractivity contribution in [1.82, 2.24) is 9.97 Å². The summed E-state index contributed by atoms with van der Waals surface area (Å²) >= 11 is 9.50. The molecule has 0 bridgehead atoms. The number of halogens is 5. The predicted molar refractivity (Wildman–Crippen MR) is 116 cm³/mol. The summed E-state index contributed by atoms with van der Waals surface area (Å²) in [5.41, 5.74) is -1.98. The van der Waals surface area contributed by atoms with Gasteiger partial charge in [-0.1, -0.05) is 27.5 Å². The van der Waals surface area contributed by atoms with E-state index in [1.165, 1.54) is 20.8 Å². The summed E-state index contributed by atoms with van der Waals surface area (Å²) in [5.74, 6) is -2.96. The van der Waals surface area contributed by atoms with Crippen LogP contribution in [0.3, 0.4) is 0 Å². The number of allylic oxidation sites excluding steroid dienone is 4. The third kappa shape index (κ3) is 4.44. The van der Waals surface area contributed by atoms with Crippen LogP contribution in [-0.2, 0) is 19.6 Å². The molecule has 0 spiro atoms. The molecule has 1 aliphatic carbocycles. The molecule has 32 heavy (non-hydrogen) atoms. The van der Waals surface area contributed by atoms with E-state index in [4.69, 9.17) is 16.3 Å². The van der Waals surface area contributed by atoms with E-state index in [0.29, 0.717) is 4.31 Å². The molecule has 1 unspecified atom stereocenters. The quantitative estimate of drug-likeness (QED) is 0.396. The first-order valence-electron chi connectivity index (χ1n) is 9.25. The largest absolute Gasteiger partial charge is 0.422 e. The number of aromatic nitrogens is 2. The molecule has 1 aromatic heterocycles. The van der Waals surface area contributed by atoms with Crippen LogP contribution in [0.15, 0.2) is 39.8 Å². The Balaban J connectivity index is 2.42. The molecule has 1 aliphatic heterocycles. The average molecular weight is 557 g/mol. The molecule has 2 aliphatic rings. The fourth-order valence-electron chi connectivity index (χ4n) is 2.92. The van der Waals surface area contributed by atoms with E-state index in [1.807, 2.05) is 0 Å². The van der Waals surface area contributed by atoms with Gasteiger partial charge in [0.1, 0.15) is 10.7 Å². The Kier molecular flexibility index (Phi) is 6.79. The van der Waals surface area contributed by atoms with E-state index in [0.717, 1.165) is 18.5 Å². The fraction of sp³-hybridized carbons (Fsp3) is 0.421. The Morgan fingerprint density at radius 2 is 1.97 bits per heavy atom. The number of hydrogen-bond donors (Lipinski definition) is 0. The fourth-order valence-corrected chi connectivity index (χ4v) is 5.39. The number of fused-ring (bicyclic) bond motifs is 1. The van der Waals surface area contributed by atoms with E-state index in [1.54, 1.807) is 0 Å². The number of hydrogen-bond acceptors (Lipinski definition) is 6. The molecule has 0 saturated carbocycles. The van der Waals surface area contributed by atoms with Crippen LogP contribution in [0, 0.1) is 5.41 Å². The minimum atomic E-state index is -4.89. The van der Waals surface area contributed by atoms with Gasteiger partial charge in [0, 0.05) is 17.4 Å². The zero-order chi connectivity index (χ0) is 24.0. The first-order chi connectivity index (χ1) is 14.8. The Morgan fingerprint density at radius 3 is 2.56 bits per heavy atom. The molecule has 0 amide bonds. The Hall–Kier alpha value is -1.92. The van der Waals surface area contributed by atoms with Gasteiger partial charge in [0.05, 0.1) is 22.4 Å². The van der Waals surface area contributed by atoms with Gasteiger partial charge in [-0.15, -0.1) is 0 Å². The van der Waals surface area contributed by atoms with Crippen molar-refractivity contribution in [2.45, 2.75) is 38.4 Å². The lowest BCUT2D eigenvalue weighted by molar-refractivity contribution is -0.145. The highest BCUT2D eigenvalue weighted by Crippen LogP contribution is 2.47. The van der Waals surface area contributed by atoms with Crippen LogP contribution in [0.1, 0.15) is 32.9 Å². The van der Waals surface area contributed by atoms with E-state index in [9.17, 15) is 26.4 Å². The lowest BCUT2D eigenvalue weighted by Crippen LogP contribution is -2.41. The molecular weight excluding hydrogens is 539 g/mol. The second-order valence-corrected chi connectivity index (χ2v) is 11.2. The van der Waals surface area contributed by atoms with Gasteiger partial charge in [0.15, 0.2) is 17.3 Å². The van der Waals surface area contributed by atoms with Crippen LogP contribution in [0.25, 0.3) is 5.76 Å². The number of carbonyl (C=O) groups is 1. The van der Waals surface area contributed by atoms with Gasteiger partial charge in [-0.3, -0.25) is 4.79 Å². The van der Waals surface area contributed by atoms with Crippen molar-refractivity contribution in [3.63, 3.8) is 0 Å². The SMILES string of the molecule is CC(C)(C)C(=O)OC1=C(C2=C(Cl)C(Br)CC=C2F)S(=O)(=O)N(CC(F)F)c2nccnc21. The minimum absolute atomic E-state index is 0.121. The van der Waals surface area contributed by atoms with Gasteiger partial charge >= 0.3 is 5.97 Å². The van der Waals surface area contributed by atoms with Crippen molar-refractivity contribution in [3.05, 3.63) is 45.5 Å². The van der Waals surface area contributed by atoms with Gasteiger partial charge in [0.25, 0.3) is 16.4 Å². The summed E-state index contributed by atoms with van der Waals surface area (Å²) in [5, 5.41) is -0.225. The molecule has 3 rings (SSSR count). The average Bonchev–Trinajstić information content (AvgIpc) is 2.69. The summed E-state index contributed by atoms with van der Waals surface area (Å²) in [7, 11) is -4.89. The first kappa shape index (κ1) is 24.7. The Morgan fingerprint density at radius 1 is 1.34 bits per heavy atom. The topological polar surface area (TPSA) is 89.5 Å². The molecule has 0 saturated heterocycles. The number of esters is 1. The molecule has 1 atom stereocenters. The number of alkyl halides is 3. The highest BCUT2D eigenvalue weighted by atomic mass is 79.9. The summed E-state index contributed by atoms with van der Waals surface area (Å²) in [6, 6.07) is 0. The predicted octanol–water partition coefficient (Wildman–Crippen LogP) is 4.66. The van der Waals surface area contributed by atoms with Gasteiger partial charge in [0.2, 0.25) is 0 Å². The van der Waals surface area contributed by atoms with Crippen molar-refractivity contribution >= 4 is 55.1 Å². The van der Waals surface area contributed by atoms with Crippen molar-refractivity contribution in [2.24, 2.45) is 5.41 Å². The molecule has 1 aromatic rings. The smallest absolute Gasteiger partial charge is 0.316 e. The van der Waals surface area contributed by atoms with Gasteiger partial charge in [-0.25, -0.2) is 35.9 Å². The van der Waals surface area contributed by atoms with Gasteiger partial charge < -0.3 is 4.74 Å². The maximum absolute atomic E-state index is 15.0. The first-order valence-corrected chi connectivity index (χ1v) is 12.0. The minimum Gasteiger partial charge on any atom is -0.422 e. The molecule has 7 nitrogen and oxygen atoms in total. The van der Waals surface area contributed by atoms with E-state index < -0.39 is 67.1 Å². The number of anilines is 1. The van der Waals surface area contributed by atoms with Crippen LogP contribution in [-0.4, -0.2) is 42.2 Å². The molecular formula is C19H18BrClF3N3O4S. The van der Waals surface area contributed by atoms with Crippen LogP contribution in [0.2, 0.25) is 0 Å². The van der Waals surface area contributed by atoms with Crippen LogP contribution < -0.4 is 4.31 Å². The second kappa shape index (κ2) is 8.79. The number of nitrogens with zero attached hydrogens (tertiary/aromatic N) is 3. The molecule has 0 aromatic carbocycles. The molecule has 13 heteroatoms. The zero-order valence-electron chi connectivity index (χ0n) is 17.1. The number of sulfonamides is 1. The van der Waals surface area contributed by atoms with Crippen LogP contribution >= 0.6 is 27.5 Å². The molecule has 2 heterocycles. The Bertz CT molecular complexity index is 1160. The van der Waals surface area contributed by atoms with E-state index >= 15 is 0 Å². The zero-order valence-corrected chi connectivity index (χ0v) is 20.2. The normalized spacial score (nSPS) is 21.0. The van der Waals surface area contributed by atoms with E-state index in [2.05, 4.69) is 25.9 Å². The molecule has 174 valence electrons. The molecule has 0 radical (unpaired) electrons. The molecule has 0 fully saturated rings. The molecule has 0 N–H and O–H groups in total. The maximum atomic E-state index is 15.0. The van der Waals surface area contributed by atoms with Crippen LogP contribution in [0.5, 0.6) is 0 Å². The third-order valence-corrected chi connectivity index (χ3v) is 7.83. The van der Waals surface area contributed by atoms with E-state index in [-0.39, 0.29) is 17.1 Å². The standard InChI is InChI=1S/C19H18BrClF3N3O4S/c1-19(2,3)18(28)31-15-14-17(26-7-6-25-14)27(8-11(23)24)32(29,30)16(15)12-10(22)5-4-9(20)13(12)21/h5-7,9,11H,4,8H2,1-3H3. The second-order valence-electron chi connectivity index (χ2n) is 7.93. The number of rotatable bonds is 4. The number of ether oxygens (including phenoxy) is 1.